The van der Waals surface area contributed by atoms with Crippen molar-refractivity contribution in [3.63, 3.8) is 0 Å². The van der Waals surface area contributed by atoms with Crippen LogP contribution in [0.2, 0.25) is 0 Å². The molecule has 1 heterocycles. The SMILES string of the molecule is CC(C)(C)OC(=O)N[C@H]1CCN([C@@H](CN)c2cccc(F)c2)C1. The van der Waals surface area contributed by atoms with Gasteiger partial charge >= 0.3 is 6.09 Å². The zero-order valence-corrected chi connectivity index (χ0v) is 14.0. The summed E-state index contributed by atoms with van der Waals surface area (Å²) in [5.74, 6) is -0.261. The maximum atomic E-state index is 13.4. The van der Waals surface area contributed by atoms with Gasteiger partial charge in [0.1, 0.15) is 11.4 Å². The third-order valence-corrected chi connectivity index (χ3v) is 3.84. The third-order valence-electron chi connectivity index (χ3n) is 3.84. The van der Waals surface area contributed by atoms with E-state index in [1.54, 1.807) is 6.07 Å². The Morgan fingerprint density at radius 3 is 2.87 bits per heavy atom. The van der Waals surface area contributed by atoms with Crippen molar-refractivity contribution >= 4 is 6.09 Å². The molecule has 5 nitrogen and oxygen atoms in total. The fourth-order valence-electron chi connectivity index (χ4n) is 2.87. The van der Waals surface area contributed by atoms with Crippen molar-refractivity contribution in [3.8, 4) is 0 Å². The topological polar surface area (TPSA) is 67.6 Å². The molecule has 0 bridgehead atoms. The predicted octanol–water partition coefficient (Wildman–Crippen LogP) is 2.42. The molecule has 6 heteroatoms. The normalized spacial score (nSPS) is 20.3. The highest BCUT2D eigenvalue weighted by molar-refractivity contribution is 5.68. The van der Waals surface area contributed by atoms with Crippen LogP contribution in [-0.2, 0) is 4.74 Å². The van der Waals surface area contributed by atoms with E-state index in [1.165, 1.54) is 12.1 Å². The van der Waals surface area contributed by atoms with Crippen LogP contribution in [0.3, 0.4) is 0 Å². The van der Waals surface area contributed by atoms with Gasteiger partial charge in [0.05, 0.1) is 0 Å². The van der Waals surface area contributed by atoms with Crippen LogP contribution >= 0.6 is 0 Å². The lowest BCUT2D eigenvalue weighted by Crippen LogP contribution is -2.41. The van der Waals surface area contributed by atoms with Crippen LogP contribution < -0.4 is 11.1 Å². The second-order valence-corrected chi connectivity index (χ2v) is 6.93. The van der Waals surface area contributed by atoms with Gasteiger partial charge in [-0.25, -0.2) is 9.18 Å². The molecule has 0 aromatic heterocycles. The lowest BCUT2D eigenvalue weighted by Gasteiger charge is -2.27. The summed E-state index contributed by atoms with van der Waals surface area (Å²) in [6, 6.07) is 6.50. The standard InChI is InChI=1S/C17H26FN3O2/c1-17(2,3)23-16(22)20-14-7-8-21(11-14)15(10-19)12-5-4-6-13(18)9-12/h4-6,9,14-15H,7-8,10-11,19H2,1-3H3,(H,20,22)/t14-,15-/m0/s1. The molecule has 23 heavy (non-hydrogen) atoms. The molecule has 1 aliphatic heterocycles. The Balaban J connectivity index is 1.94. The first-order valence-corrected chi connectivity index (χ1v) is 7.97. The highest BCUT2D eigenvalue weighted by atomic mass is 19.1. The van der Waals surface area contributed by atoms with Gasteiger partial charge in [-0.15, -0.1) is 0 Å². The van der Waals surface area contributed by atoms with Gasteiger partial charge in [0, 0.05) is 31.7 Å². The van der Waals surface area contributed by atoms with Crippen LogP contribution in [0.4, 0.5) is 9.18 Å². The first-order valence-electron chi connectivity index (χ1n) is 7.97. The number of ether oxygens (including phenoxy) is 1. The van der Waals surface area contributed by atoms with Crippen LogP contribution in [-0.4, -0.2) is 42.3 Å². The van der Waals surface area contributed by atoms with Gasteiger partial charge in [-0.1, -0.05) is 12.1 Å². The summed E-state index contributed by atoms with van der Waals surface area (Å²) in [6.07, 6.45) is 0.421. The number of nitrogens with two attached hydrogens (primary N) is 1. The van der Waals surface area contributed by atoms with Gasteiger partial charge < -0.3 is 15.8 Å². The van der Waals surface area contributed by atoms with Gasteiger partial charge in [0.25, 0.3) is 0 Å². The van der Waals surface area contributed by atoms with E-state index >= 15 is 0 Å². The van der Waals surface area contributed by atoms with Gasteiger partial charge in [-0.05, 0) is 44.9 Å². The Kier molecular flexibility index (Phi) is 5.59. The molecule has 0 aliphatic carbocycles. The van der Waals surface area contributed by atoms with E-state index in [9.17, 15) is 9.18 Å². The van der Waals surface area contributed by atoms with Crippen molar-refractivity contribution in [1.29, 1.82) is 0 Å². The fourth-order valence-corrected chi connectivity index (χ4v) is 2.87. The molecule has 1 aliphatic rings. The average molecular weight is 323 g/mol. The molecule has 0 saturated carbocycles. The quantitative estimate of drug-likeness (QED) is 0.893. The molecule has 0 unspecified atom stereocenters. The molecule has 2 rings (SSSR count). The minimum Gasteiger partial charge on any atom is -0.444 e. The number of alkyl carbamates (subject to hydrolysis) is 1. The molecule has 1 aromatic rings. The van der Waals surface area contributed by atoms with Crippen LogP contribution in [0.5, 0.6) is 0 Å². The third kappa shape index (κ3) is 5.18. The van der Waals surface area contributed by atoms with Crippen LogP contribution in [0.25, 0.3) is 0 Å². The Morgan fingerprint density at radius 2 is 2.26 bits per heavy atom. The van der Waals surface area contributed by atoms with Gasteiger partial charge in [0.2, 0.25) is 0 Å². The van der Waals surface area contributed by atoms with Crippen LogP contribution in [0, 0.1) is 5.82 Å². The summed E-state index contributed by atoms with van der Waals surface area (Å²) >= 11 is 0. The second-order valence-electron chi connectivity index (χ2n) is 6.93. The largest absolute Gasteiger partial charge is 0.444 e. The first kappa shape index (κ1) is 17.7. The lowest BCUT2D eigenvalue weighted by molar-refractivity contribution is 0.0504. The van der Waals surface area contributed by atoms with E-state index in [0.717, 1.165) is 18.5 Å². The first-order chi connectivity index (χ1) is 10.8. The number of carbonyl (C=O) groups excluding carboxylic acids is 1. The van der Waals surface area contributed by atoms with E-state index in [4.69, 9.17) is 10.5 Å². The molecular weight excluding hydrogens is 297 g/mol. The van der Waals surface area contributed by atoms with Gasteiger partial charge in [-0.3, -0.25) is 4.90 Å². The molecule has 3 N–H and O–H groups in total. The van der Waals surface area contributed by atoms with E-state index in [-0.39, 0.29) is 17.9 Å². The van der Waals surface area contributed by atoms with E-state index in [0.29, 0.717) is 13.1 Å². The average Bonchev–Trinajstić information content (AvgIpc) is 2.85. The van der Waals surface area contributed by atoms with Crippen molar-refractivity contribution in [2.75, 3.05) is 19.6 Å². The molecule has 1 aromatic carbocycles. The zero-order valence-electron chi connectivity index (χ0n) is 14.0. The van der Waals surface area contributed by atoms with Crippen molar-refractivity contribution in [3.05, 3.63) is 35.6 Å². The Morgan fingerprint density at radius 1 is 1.52 bits per heavy atom. The number of likely N-dealkylation sites (tertiary alicyclic amines) is 1. The minimum absolute atomic E-state index is 0.0208. The number of benzene rings is 1. The number of hydrogen-bond donors (Lipinski definition) is 2. The van der Waals surface area contributed by atoms with Crippen LogP contribution in [0.1, 0.15) is 38.8 Å². The summed E-state index contributed by atoms with van der Waals surface area (Å²) in [5.41, 5.74) is 6.24. The summed E-state index contributed by atoms with van der Waals surface area (Å²) in [6.45, 7) is 7.39. The molecular formula is C17H26FN3O2. The summed E-state index contributed by atoms with van der Waals surface area (Å²) < 4.78 is 18.7. The van der Waals surface area contributed by atoms with Gasteiger partial charge in [0.15, 0.2) is 0 Å². The van der Waals surface area contributed by atoms with Crippen molar-refractivity contribution in [2.45, 2.75) is 44.9 Å². The smallest absolute Gasteiger partial charge is 0.407 e. The Hall–Kier alpha value is -1.66. The molecule has 0 radical (unpaired) electrons. The summed E-state index contributed by atoms with van der Waals surface area (Å²) in [4.78, 5) is 14.0. The number of rotatable bonds is 4. The summed E-state index contributed by atoms with van der Waals surface area (Å²) in [5, 5.41) is 2.89. The highest BCUT2D eigenvalue weighted by Crippen LogP contribution is 2.25. The predicted molar refractivity (Wildman–Crippen MR) is 87.5 cm³/mol. The van der Waals surface area contributed by atoms with Crippen LogP contribution in [0.15, 0.2) is 24.3 Å². The minimum atomic E-state index is -0.510. The Labute approximate surface area is 137 Å². The molecule has 1 fully saturated rings. The van der Waals surface area contributed by atoms with E-state index < -0.39 is 11.7 Å². The van der Waals surface area contributed by atoms with Gasteiger partial charge in [-0.2, -0.15) is 0 Å². The summed E-state index contributed by atoms with van der Waals surface area (Å²) in [7, 11) is 0. The van der Waals surface area contributed by atoms with E-state index in [1.807, 2.05) is 26.8 Å². The monoisotopic (exact) mass is 323 g/mol. The maximum absolute atomic E-state index is 13.4. The molecule has 1 saturated heterocycles. The lowest BCUT2D eigenvalue weighted by atomic mass is 10.1. The molecule has 1 amide bonds. The highest BCUT2D eigenvalue weighted by Gasteiger charge is 2.30. The maximum Gasteiger partial charge on any atom is 0.407 e. The number of nitrogens with zero attached hydrogens (tertiary/aromatic N) is 1. The number of nitrogens with one attached hydrogen (secondary N) is 1. The van der Waals surface area contributed by atoms with E-state index in [2.05, 4.69) is 10.2 Å². The zero-order chi connectivity index (χ0) is 17.0. The van der Waals surface area contributed by atoms with Crippen molar-refractivity contribution < 1.29 is 13.9 Å². The number of carbonyl (C=O) groups is 1. The van der Waals surface area contributed by atoms with Crippen molar-refractivity contribution in [2.24, 2.45) is 5.73 Å². The number of hydrogen-bond acceptors (Lipinski definition) is 4. The number of amides is 1. The second kappa shape index (κ2) is 7.27. The Bertz CT molecular complexity index is 545. The molecule has 0 spiro atoms. The number of halogens is 1. The fraction of sp³-hybridized carbons (Fsp3) is 0.588. The molecule has 128 valence electrons. The van der Waals surface area contributed by atoms with Crippen molar-refractivity contribution in [1.82, 2.24) is 10.2 Å². The molecule has 2 atom stereocenters.